The van der Waals surface area contributed by atoms with E-state index in [1.807, 2.05) is 0 Å². The van der Waals surface area contributed by atoms with Gasteiger partial charge in [0.2, 0.25) is 0 Å². The molecule has 0 aliphatic rings. The summed E-state index contributed by atoms with van der Waals surface area (Å²) >= 11 is 0. The highest BCUT2D eigenvalue weighted by atomic mass is 32.2. The lowest BCUT2D eigenvalue weighted by molar-refractivity contribution is -0.149. The third-order valence-corrected chi connectivity index (χ3v) is 2.85. The Morgan fingerprint density at radius 1 is 1.38 bits per heavy atom. The van der Waals surface area contributed by atoms with Gasteiger partial charge in [0.05, 0.1) is 0 Å². The molecule has 0 aromatic carbocycles. The summed E-state index contributed by atoms with van der Waals surface area (Å²) in [6.45, 7) is 0. The molecular formula is C8H9F3N2O2S. The van der Waals surface area contributed by atoms with E-state index in [0.717, 1.165) is 24.6 Å². The number of rotatable bonds is 2. The molecule has 8 heteroatoms. The van der Waals surface area contributed by atoms with E-state index in [4.69, 9.17) is 5.73 Å². The Hall–Kier alpha value is -1.15. The van der Waals surface area contributed by atoms with Crippen LogP contribution < -0.4 is 5.73 Å². The van der Waals surface area contributed by atoms with Crippen molar-refractivity contribution in [3.63, 3.8) is 0 Å². The van der Waals surface area contributed by atoms with Crippen LogP contribution in [-0.2, 0) is 9.84 Å². The predicted molar refractivity (Wildman–Crippen MR) is 50.3 cm³/mol. The van der Waals surface area contributed by atoms with Crippen LogP contribution in [-0.4, -0.2) is 25.8 Å². The molecule has 1 atom stereocenters. The number of nitrogens with zero attached hydrogens (tertiary/aromatic N) is 1. The highest BCUT2D eigenvalue weighted by Crippen LogP contribution is 2.30. The fourth-order valence-corrected chi connectivity index (χ4v) is 1.54. The number of hydrogen-bond donors (Lipinski definition) is 1. The van der Waals surface area contributed by atoms with Crippen molar-refractivity contribution in [2.45, 2.75) is 17.2 Å². The second-order valence-corrected chi connectivity index (χ2v) is 5.18. The second kappa shape index (κ2) is 4.02. The van der Waals surface area contributed by atoms with Crippen molar-refractivity contribution < 1.29 is 21.6 Å². The highest BCUT2D eigenvalue weighted by Gasteiger charge is 2.38. The zero-order chi connectivity index (χ0) is 12.6. The first-order chi connectivity index (χ1) is 7.12. The van der Waals surface area contributed by atoms with Crippen LogP contribution in [0.4, 0.5) is 13.2 Å². The third kappa shape index (κ3) is 2.92. The van der Waals surface area contributed by atoms with Crippen LogP contribution in [0.15, 0.2) is 23.4 Å². The van der Waals surface area contributed by atoms with Gasteiger partial charge in [0.1, 0.15) is 6.04 Å². The molecule has 0 saturated carbocycles. The van der Waals surface area contributed by atoms with Crippen LogP contribution in [0.5, 0.6) is 0 Å². The summed E-state index contributed by atoms with van der Waals surface area (Å²) in [4.78, 5) is 3.42. The summed E-state index contributed by atoms with van der Waals surface area (Å²) in [5.41, 5.74) is 4.64. The topological polar surface area (TPSA) is 73.0 Å². The normalized spacial score (nSPS) is 14.8. The molecule has 1 heterocycles. The molecule has 0 aliphatic heterocycles. The molecule has 0 fully saturated rings. The van der Waals surface area contributed by atoms with Crippen LogP contribution in [0, 0.1) is 0 Å². The maximum Gasteiger partial charge on any atom is 0.407 e. The average molecular weight is 254 g/mol. The molecule has 0 saturated heterocycles. The van der Waals surface area contributed by atoms with Gasteiger partial charge in [-0.05, 0) is 11.6 Å². The number of hydrogen-bond acceptors (Lipinski definition) is 4. The largest absolute Gasteiger partial charge is 0.407 e. The average Bonchev–Trinajstić information content (AvgIpc) is 2.14. The number of pyridine rings is 1. The van der Waals surface area contributed by atoms with E-state index in [-0.39, 0.29) is 10.6 Å². The van der Waals surface area contributed by atoms with Gasteiger partial charge in [-0.3, -0.25) is 0 Å². The quantitative estimate of drug-likeness (QED) is 0.856. The van der Waals surface area contributed by atoms with Crippen molar-refractivity contribution >= 4 is 9.84 Å². The monoisotopic (exact) mass is 254 g/mol. The molecule has 1 rings (SSSR count). The minimum Gasteiger partial charge on any atom is -0.316 e. The van der Waals surface area contributed by atoms with E-state index in [1.165, 1.54) is 0 Å². The molecule has 2 N–H and O–H groups in total. The number of alkyl halides is 3. The SMILES string of the molecule is CS(=O)(=O)c1ccc(C(N)C(F)(F)F)cn1. The van der Waals surface area contributed by atoms with Crippen molar-refractivity contribution in [2.75, 3.05) is 6.26 Å². The molecule has 0 radical (unpaired) electrons. The fraction of sp³-hybridized carbons (Fsp3) is 0.375. The van der Waals surface area contributed by atoms with Crippen molar-refractivity contribution in [1.82, 2.24) is 4.98 Å². The Morgan fingerprint density at radius 3 is 2.25 bits per heavy atom. The summed E-state index contributed by atoms with van der Waals surface area (Å²) < 4.78 is 58.6. The minimum atomic E-state index is -4.58. The van der Waals surface area contributed by atoms with Crippen molar-refractivity contribution in [1.29, 1.82) is 0 Å². The zero-order valence-electron chi connectivity index (χ0n) is 8.19. The number of nitrogens with two attached hydrogens (primary N) is 1. The molecule has 16 heavy (non-hydrogen) atoms. The highest BCUT2D eigenvalue weighted by molar-refractivity contribution is 7.90. The third-order valence-electron chi connectivity index (χ3n) is 1.85. The van der Waals surface area contributed by atoms with Gasteiger partial charge in [0.25, 0.3) is 0 Å². The van der Waals surface area contributed by atoms with E-state index in [9.17, 15) is 21.6 Å². The Kier molecular flexibility index (Phi) is 3.25. The summed E-state index contributed by atoms with van der Waals surface area (Å²) in [6.07, 6.45) is -2.85. The number of halogens is 3. The maximum atomic E-state index is 12.2. The molecule has 0 spiro atoms. The predicted octanol–water partition coefficient (Wildman–Crippen LogP) is 1.05. The lowest BCUT2D eigenvalue weighted by Gasteiger charge is -2.15. The molecule has 0 amide bonds. The number of sulfone groups is 1. The molecule has 1 aromatic heterocycles. The van der Waals surface area contributed by atoms with Gasteiger partial charge in [-0.25, -0.2) is 13.4 Å². The first-order valence-corrected chi connectivity index (χ1v) is 6.00. The first-order valence-electron chi connectivity index (χ1n) is 4.10. The smallest absolute Gasteiger partial charge is 0.316 e. The van der Waals surface area contributed by atoms with Crippen LogP contribution in [0.2, 0.25) is 0 Å². The van der Waals surface area contributed by atoms with E-state index in [2.05, 4.69) is 4.98 Å². The van der Waals surface area contributed by atoms with Crippen molar-refractivity contribution in [3.8, 4) is 0 Å². The summed E-state index contributed by atoms with van der Waals surface area (Å²) in [5.74, 6) is 0. The summed E-state index contributed by atoms with van der Waals surface area (Å²) in [6, 6.07) is -0.161. The van der Waals surface area contributed by atoms with Gasteiger partial charge in [-0.2, -0.15) is 13.2 Å². The molecule has 0 aliphatic carbocycles. The Bertz CT molecular complexity index is 467. The summed E-state index contributed by atoms with van der Waals surface area (Å²) in [5, 5.41) is -0.286. The zero-order valence-corrected chi connectivity index (χ0v) is 9.01. The van der Waals surface area contributed by atoms with Crippen molar-refractivity contribution in [2.24, 2.45) is 5.73 Å². The molecule has 4 nitrogen and oxygen atoms in total. The lowest BCUT2D eigenvalue weighted by atomic mass is 10.1. The molecular weight excluding hydrogens is 245 g/mol. The van der Waals surface area contributed by atoms with Gasteiger partial charge in [0, 0.05) is 12.5 Å². The van der Waals surface area contributed by atoms with E-state index >= 15 is 0 Å². The van der Waals surface area contributed by atoms with Gasteiger partial charge < -0.3 is 5.73 Å². The van der Waals surface area contributed by atoms with Crippen molar-refractivity contribution in [3.05, 3.63) is 23.9 Å². The lowest BCUT2D eigenvalue weighted by Crippen LogP contribution is -2.28. The van der Waals surface area contributed by atoms with Gasteiger partial charge in [-0.15, -0.1) is 0 Å². The Balaban J connectivity index is 3.05. The van der Waals surface area contributed by atoms with Gasteiger partial charge in [-0.1, -0.05) is 6.07 Å². The standard InChI is InChI=1S/C8H9F3N2O2S/c1-16(14,15)6-3-2-5(4-13-6)7(12)8(9,10)11/h2-4,7H,12H2,1H3. The molecule has 90 valence electrons. The summed E-state index contributed by atoms with van der Waals surface area (Å²) in [7, 11) is -3.51. The van der Waals surface area contributed by atoms with E-state index in [1.54, 1.807) is 0 Å². The molecule has 1 unspecified atom stereocenters. The van der Waals surface area contributed by atoms with Gasteiger partial charge in [0.15, 0.2) is 14.9 Å². The molecule has 0 bridgehead atoms. The van der Waals surface area contributed by atoms with Crippen LogP contribution in [0.25, 0.3) is 0 Å². The van der Waals surface area contributed by atoms with Gasteiger partial charge >= 0.3 is 6.18 Å². The Morgan fingerprint density at radius 2 is 1.94 bits per heavy atom. The second-order valence-electron chi connectivity index (χ2n) is 3.22. The maximum absolute atomic E-state index is 12.2. The van der Waals surface area contributed by atoms with E-state index in [0.29, 0.717) is 0 Å². The van der Waals surface area contributed by atoms with Crippen LogP contribution in [0.3, 0.4) is 0 Å². The minimum absolute atomic E-state index is 0.278. The fourth-order valence-electron chi connectivity index (χ4n) is 0.984. The van der Waals surface area contributed by atoms with Crippen LogP contribution >= 0.6 is 0 Å². The Labute approximate surface area is 90.2 Å². The number of aromatic nitrogens is 1. The molecule has 1 aromatic rings. The first kappa shape index (κ1) is 12.9. The van der Waals surface area contributed by atoms with Crippen LogP contribution in [0.1, 0.15) is 11.6 Å². The van der Waals surface area contributed by atoms with E-state index < -0.39 is 22.1 Å².